The summed E-state index contributed by atoms with van der Waals surface area (Å²) in [4.78, 5) is 24.6. The molecule has 0 radical (unpaired) electrons. The first-order valence-corrected chi connectivity index (χ1v) is 9.10. The van der Waals surface area contributed by atoms with E-state index < -0.39 is 5.97 Å². The monoisotopic (exact) mass is 384 g/mol. The second-order valence-electron chi connectivity index (χ2n) is 6.91. The SMILES string of the molecule is CC(C)Cn1c(CN)c(-c2ccc(Cl)cc2)c2cc(C(=O)O)ccc2c1=O. The molecule has 140 valence electrons. The normalized spacial score (nSPS) is 11.3. The van der Waals surface area contributed by atoms with E-state index in [0.717, 1.165) is 11.1 Å². The zero-order valence-corrected chi connectivity index (χ0v) is 16.0. The molecular weight excluding hydrogens is 364 g/mol. The molecule has 5 nitrogen and oxygen atoms in total. The molecule has 0 saturated carbocycles. The highest BCUT2D eigenvalue weighted by Gasteiger charge is 2.19. The van der Waals surface area contributed by atoms with E-state index in [1.54, 1.807) is 28.8 Å². The van der Waals surface area contributed by atoms with Gasteiger partial charge in [0.25, 0.3) is 5.56 Å². The Balaban J connectivity index is 2.48. The summed E-state index contributed by atoms with van der Waals surface area (Å²) in [6, 6.07) is 11.8. The predicted octanol–water partition coefficient (Wildman–Crippen LogP) is 4.13. The van der Waals surface area contributed by atoms with Gasteiger partial charge >= 0.3 is 5.97 Å². The molecule has 0 unspecified atom stereocenters. The van der Waals surface area contributed by atoms with Crippen LogP contribution in [0.5, 0.6) is 0 Å². The molecule has 6 heteroatoms. The summed E-state index contributed by atoms with van der Waals surface area (Å²) in [7, 11) is 0. The van der Waals surface area contributed by atoms with E-state index in [4.69, 9.17) is 17.3 Å². The molecule has 3 rings (SSSR count). The number of nitrogens with zero attached hydrogens (tertiary/aromatic N) is 1. The minimum Gasteiger partial charge on any atom is -0.478 e. The fourth-order valence-electron chi connectivity index (χ4n) is 3.34. The Morgan fingerprint density at radius 2 is 1.81 bits per heavy atom. The van der Waals surface area contributed by atoms with Crippen molar-refractivity contribution in [2.24, 2.45) is 11.7 Å². The number of nitrogens with two attached hydrogens (primary N) is 1. The fourth-order valence-corrected chi connectivity index (χ4v) is 3.46. The van der Waals surface area contributed by atoms with E-state index in [2.05, 4.69) is 0 Å². The molecule has 3 aromatic rings. The van der Waals surface area contributed by atoms with Gasteiger partial charge in [-0.2, -0.15) is 0 Å². The van der Waals surface area contributed by atoms with Crippen LogP contribution in [0.2, 0.25) is 5.02 Å². The maximum absolute atomic E-state index is 13.1. The number of carboxylic acid groups (broad SMARTS) is 1. The van der Waals surface area contributed by atoms with Crippen molar-refractivity contribution in [2.45, 2.75) is 26.9 Å². The smallest absolute Gasteiger partial charge is 0.335 e. The maximum atomic E-state index is 13.1. The Morgan fingerprint density at radius 3 is 2.37 bits per heavy atom. The molecule has 1 aromatic heterocycles. The standard InChI is InChI=1S/C21H21ClN2O3/c1-12(2)11-24-18(10-23)19(13-3-6-15(22)7-4-13)17-9-14(21(26)27)5-8-16(17)20(24)25/h3-9,12H,10-11,23H2,1-2H3,(H,26,27). The molecule has 0 atom stereocenters. The highest BCUT2D eigenvalue weighted by Crippen LogP contribution is 2.32. The van der Waals surface area contributed by atoms with Gasteiger partial charge in [-0.15, -0.1) is 0 Å². The lowest BCUT2D eigenvalue weighted by Gasteiger charge is -2.21. The van der Waals surface area contributed by atoms with Crippen LogP contribution in [0.4, 0.5) is 0 Å². The zero-order valence-electron chi connectivity index (χ0n) is 15.2. The molecule has 0 bridgehead atoms. The lowest BCUT2D eigenvalue weighted by molar-refractivity contribution is 0.0697. The average Bonchev–Trinajstić information content (AvgIpc) is 2.63. The van der Waals surface area contributed by atoms with Gasteiger partial charge < -0.3 is 15.4 Å². The highest BCUT2D eigenvalue weighted by molar-refractivity contribution is 6.30. The van der Waals surface area contributed by atoms with Crippen LogP contribution in [-0.2, 0) is 13.1 Å². The second kappa shape index (κ2) is 7.55. The van der Waals surface area contributed by atoms with Gasteiger partial charge in [-0.3, -0.25) is 4.79 Å². The van der Waals surface area contributed by atoms with Crippen LogP contribution in [0, 0.1) is 5.92 Å². The summed E-state index contributed by atoms with van der Waals surface area (Å²) in [6.07, 6.45) is 0. The van der Waals surface area contributed by atoms with Gasteiger partial charge in [0.1, 0.15) is 0 Å². The van der Waals surface area contributed by atoms with Crippen molar-refractivity contribution >= 4 is 28.3 Å². The third-order valence-electron chi connectivity index (χ3n) is 4.50. The third kappa shape index (κ3) is 3.61. The molecule has 0 saturated heterocycles. The number of hydrogen-bond acceptors (Lipinski definition) is 3. The number of aromatic nitrogens is 1. The number of rotatable bonds is 5. The number of halogens is 1. The van der Waals surface area contributed by atoms with Crippen LogP contribution in [-0.4, -0.2) is 15.6 Å². The largest absolute Gasteiger partial charge is 0.478 e. The number of pyridine rings is 1. The first-order valence-electron chi connectivity index (χ1n) is 8.72. The van der Waals surface area contributed by atoms with Crippen LogP contribution in [0.15, 0.2) is 47.3 Å². The Hall–Kier alpha value is -2.63. The topological polar surface area (TPSA) is 85.3 Å². The van der Waals surface area contributed by atoms with E-state index in [-0.39, 0.29) is 23.6 Å². The van der Waals surface area contributed by atoms with Crippen molar-refractivity contribution in [3.63, 3.8) is 0 Å². The lowest BCUT2D eigenvalue weighted by atomic mass is 9.95. The van der Waals surface area contributed by atoms with Crippen LogP contribution < -0.4 is 11.3 Å². The summed E-state index contributed by atoms with van der Waals surface area (Å²) in [5.74, 6) is -0.790. The van der Waals surface area contributed by atoms with Crippen molar-refractivity contribution in [1.29, 1.82) is 0 Å². The number of benzene rings is 2. The Bertz CT molecular complexity index is 1070. The van der Waals surface area contributed by atoms with E-state index in [1.165, 1.54) is 6.07 Å². The number of aromatic carboxylic acids is 1. The molecule has 1 heterocycles. The Morgan fingerprint density at radius 1 is 1.15 bits per heavy atom. The van der Waals surface area contributed by atoms with Gasteiger partial charge in [0.05, 0.1) is 5.56 Å². The van der Waals surface area contributed by atoms with Gasteiger partial charge in [0.2, 0.25) is 0 Å². The number of fused-ring (bicyclic) bond motifs is 1. The van der Waals surface area contributed by atoms with Gasteiger partial charge in [-0.05, 0) is 47.2 Å². The van der Waals surface area contributed by atoms with E-state index in [0.29, 0.717) is 28.0 Å². The molecular formula is C21H21ClN2O3. The van der Waals surface area contributed by atoms with Gasteiger partial charge in [-0.25, -0.2) is 4.79 Å². The van der Waals surface area contributed by atoms with Crippen molar-refractivity contribution in [2.75, 3.05) is 0 Å². The molecule has 0 aliphatic rings. The maximum Gasteiger partial charge on any atom is 0.335 e. The van der Waals surface area contributed by atoms with Gasteiger partial charge in [-0.1, -0.05) is 37.6 Å². The van der Waals surface area contributed by atoms with Crippen LogP contribution in [0.25, 0.3) is 21.9 Å². The van der Waals surface area contributed by atoms with Crippen molar-refractivity contribution in [1.82, 2.24) is 4.57 Å². The van der Waals surface area contributed by atoms with Crippen molar-refractivity contribution in [3.8, 4) is 11.1 Å². The minimum absolute atomic E-state index is 0.127. The lowest BCUT2D eigenvalue weighted by Crippen LogP contribution is -2.28. The minimum atomic E-state index is -1.04. The van der Waals surface area contributed by atoms with E-state index in [1.807, 2.05) is 26.0 Å². The first-order chi connectivity index (χ1) is 12.8. The molecule has 0 spiro atoms. The third-order valence-corrected chi connectivity index (χ3v) is 4.75. The summed E-state index contributed by atoms with van der Waals surface area (Å²) in [5.41, 5.74) is 8.31. The summed E-state index contributed by atoms with van der Waals surface area (Å²) >= 11 is 6.03. The van der Waals surface area contributed by atoms with Crippen LogP contribution in [0.1, 0.15) is 29.9 Å². The van der Waals surface area contributed by atoms with Crippen molar-refractivity contribution < 1.29 is 9.90 Å². The molecule has 0 amide bonds. The van der Waals surface area contributed by atoms with Gasteiger partial charge in [0.15, 0.2) is 0 Å². The fraction of sp³-hybridized carbons (Fsp3) is 0.238. The summed E-state index contributed by atoms with van der Waals surface area (Å²) in [6.45, 7) is 4.76. The highest BCUT2D eigenvalue weighted by atomic mass is 35.5. The second-order valence-corrected chi connectivity index (χ2v) is 7.34. The number of carboxylic acids is 1. The molecule has 0 aliphatic heterocycles. The average molecular weight is 385 g/mol. The molecule has 0 fully saturated rings. The quantitative estimate of drug-likeness (QED) is 0.692. The van der Waals surface area contributed by atoms with Crippen molar-refractivity contribution in [3.05, 3.63) is 69.1 Å². The first kappa shape index (κ1) is 19.1. The van der Waals surface area contributed by atoms with Crippen LogP contribution >= 0.6 is 11.6 Å². The van der Waals surface area contributed by atoms with Crippen LogP contribution in [0.3, 0.4) is 0 Å². The Labute approximate surface area is 162 Å². The number of hydrogen-bond donors (Lipinski definition) is 2. The summed E-state index contributed by atoms with van der Waals surface area (Å²) < 4.78 is 1.71. The molecule has 0 aliphatic carbocycles. The zero-order chi connectivity index (χ0) is 19.7. The van der Waals surface area contributed by atoms with E-state index >= 15 is 0 Å². The summed E-state index contributed by atoms with van der Waals surface area (Å²) in [5, 5.41) is 11.0. The van der Waals surface area contributed by atoms with E-state index in [9.17, 15) is 14.7 Å². The predicted molar refractivity (Wildman–Crippen MR) is 108 cm³/mol. The Kier molecular flexibility index (Phi) is 5.35. The molecule has 3 N–H and O–H groups in total. The molecule has 2 aromatic carbocycles. The number of carbonyl (C=O) groups is 1. The van der Waals surface area contributed by atoms with Gasteiger partial charge in [0, 0.05) is 34.8 Å². The molecule has 27 heavy (non-hydrogen) atoms.